The Bertz CT molecular complexity index is 890. The zero-order chi connectivity index (χ0) is 20.4. The third-order valence-corrected chi connectivity index (χ3v) is 5.67. The Morgan fingerprint density at radius 3 is 2.48 bits per heavy atom. The van der Waals surface area contributed by atoms with E-state index in [1.165, 1.54) is 11.3 Å². The van der Waals surface area contributed by atoms with E-state index in [4.69, 9.17) is 0 Å². The average molecular weight is 393 g/mol. The van der Waals surface area contributed by atoms with Gasteiger partial charge in [0.25, 0.3) is 0 Å². The van der Waals surface area contributed by atoms with Crippen molar-refractivity contribution in [2.24, 2.45) is 0 Å². The van der Waals surface area contributed by atoms with Crippen LogP contribution in [0.3, 0.4) is 0 Å². The number of nitrogens with one attached hydrogen (secondary N) is 2. The van der Waals surface area contributed by atoms with Crippen molar-refractivity contribution in [2.75, 3.05) is 37.0 Å². The van der Waals surface area contributed by atoms with E-state index in [2.05, 4.69) is 62.9 Å². The van der Waals surface area contributed by atoms with Crippen LogP contribution in [0.25, 0.3) is 0 Å². The molecular weight excluding hydrogens is 364 g/mol. The fourth-order valence-corrected chi connectivity index (χ4v) is 3.84. The van der Waals surface area contributed by atoms with Crippen molar-refractivity contribution in [3.8, 4) is 0 Å². The molecule has 1 aliphatic carbocycles. The second-order valence-electron chi connectivity index (χ2n) is 8.03. The molecule has 6 heteroatoms. The van der Waals surface area contributed by atoms with Crippen LogP contribution in [-0.4, -0.2) is 45.0 Å². The summed E-state index contributed by atoms with van der Waals surface area (Å²) in [6, 6.07) is 16.9. The molecule has 2 N–H and O–H groups in total. The number of carbonyl (C=O) groups excluding carboxylic acids is 2. The van der Waals surface area contributed by atoms with E-state index in [0.717, 1.165) is 37.1 Å². The highest BCUT2D eigenvalue weighted by atomic mass is 16.2. The summed E-state index contributed by atoms with van der Waals surface area (Å²) in [6.45, 7) is 1.27. The Kier molecular flexibility index (Phi) is 5.43. The van der Waals surface area contributed by atoms with Crippen LogP contribution >= 0.6 is 0 Å². The molecule has 1 aliphatic heterocycles. The van der Waals surface area contributed by atoms with Gasteiger partial charge in [-0.25, -0.2) is 0 Å². The summed E-state index contributed by atoms with van der Waals surface area (Å²) < 4.78 is 0. The van der Waals surface area contributed by atoms with Gasteiger partial charge in [-0.3, -0.25) is 9.59 Å². The van der Waals surface area contributed by atoms with Crippen molar-refractivity contribution in [3.05, 3.63) is 59.7 Å². The molecule has 1 heterocycles. The first kappa shape index (κ1) is 19.3. The van der Waals surface area contributed by atoms with Gasteiger partial charge in [0, 0.05) is 44.6 Å². The van der Waals surface area contributed by atoms with E-state index < -0.39 is 11.8 Å². The summed E-state index contributed by atoms with van der Waals surface area (Å²) in [5, 5.41) is 5.61. The molecule has 1 fully saturated rings. The molecule has 2 aromatic carbocycles. The Labute approximate surface area is 171 Å². The van der Waals surface area contributed by atoms with E-state index >= 15 is 0 Å². The summed E-state index contributed by atoms with van der Waals surface area (Å²) in [7, 11) is 4.03. The lowest BCUT2D eigenvalue weighted by Crippen LogP contribution is -2.44. The third kappa shape index (κ3) is 4.36. The van der Waals surface area contributed by atoms with Crippen molar-refractivity contribution < 1.29 is 9.59 Å². The highest BCUT2D eigenvalue weighted by molar-refractivity contribution is 6.35. The molecule has 0 radical (unpaired) electrons. The molecule has 152 valence electrons. The van der Waals surface area contributed by atoms with Crippen LogP contribution in [0.15, 0.2) is 48.5 Å². The molecule has 6 nitrogen and oxygen atoms in total. The van der Waals surface area contributed by atoms with Crippen LogP contribution in [0.1, 0.15) is 30.0 Å². The van der Waals surface area contributed by atoms with Crippen molar-refractivity contribution in [1.29, 1.82) is 0 Å². The van der Waals surface area contributed by atoms with Gasteiger partial charge >= 0.3 is 11.8 Å². The van der Waals surface area contributed by atoms with Gasteiger partial charge in [-0.15, -0.1) is 0 Å². The maximum Gasteiger partial charge on any atom is 0.309 e. The third-order valence-electron chi connectivity index (χ3n) is 5.67. The molecule has 1 saturated carbocycles. The molecule has 0 saturated heterocycles. The van der Waals surface area contributed by atoms with E-state index in [1.54, 1.807) is 0 Å². The number of hydrogen-bond acceptors (Lipinski definition) is 4. The molecule has 0 bridgehead atoms. The van der Waals surface area contributed by atoms with Crippen molar-refractivity contribution in [3.63, 3.8) is 0 Å². The van der Waals surface area contributed by atoms with Gasteiger partial charge in [-0.1, -0.05) is 30.3 Å². The Morgan fingerprint density at radius 1 is 1.07 bits per heavy atom. The SMILES string of the molecule is CN(C)c1ccc([C@H](CNC(=O)C(=O)NC2CC2)N2CCc3ccccc32)cc1. The van der Waals surface area contributed by atoms with Crippen LogP contribution in [0.4, 0.5) is 11.4 Å². The normalized spacial score (nSPS) is 16.1. The number of nitrogens with zero attached hydrogens (tertiary/aromatic N) is 2. The van der Waals surface area contributed by atoms with Crippen LogP contribution < -0.4 is 20.4 Å². The number of carbonyl (C=O) groups is 2. The summed E-state index contributed by atoms with van der Waals surface area (Å²) in [5.41, 5.74) is 4.77. The van der Waals surface area contributed by atoms with Crippen molar-refractivity contribution >= 4 is 23.2 Å². The van der Waals surface area contributed by atoms with Gasteiger partial charge in [0.15, 0.2) is 0 Å². The van der Waals surface area contributed by atoms with Crippen LogP contribution in [-0.2, 0) is 16.0 Å². The first-order chi connectivity index (χ1) is 14.0. The largest absolute Gasteiger partial charge is 0.378 e. The topological polar surface area (TPSA) is 64.7 Å². The minimum atomic E-state index is -0.556. The van der Waals surface area contributed by atoms with Crippen molar-refractivity contribution in [1.82, 2.24) is 10.6 Å². The molecule has 0 spiro atoms. The molecule has 4 rings (SSSR count). The average Bonchev–Trinajstić information content (AvgIpc) is 3.45. The smallest absolute Gasteiger partial charge is 0.309 e. The fraction of sp³-hybridized carbons (Fsp3) is 0.391. The molecule has 2 amide bonds. The molecule has 2 aromatic rings. The minimum absolute atomic E-state index is 0.0347. The summed E-state index contributed by atoms with van der Waals surface area (Å²) in [4.78, 5) is 28.7. The quantitative estimate of drug-likeness (QED) is 0.740. The van der Waals surface area contributed by atoms with Gasteiger partial charge < -0.3 is 20.4 Å². The van der Waals surface area contributed by atoms with E-state index in [-0.39, 0.29) is 12.1 Å². The zero-order valence-corrected chi connectivity index (χ0v) is 17.0. The lowest BCUT2D eigenvalue weighted by Gasteiger charge is -2.31. The Morgan fingerprint density at radius 2 is 1.79 bits per heavy atom. The maximum atomic E-state index is 12.3. The van der Waals surface area contributed by atoms with Gasteiger partial charge in [-0.05, 0) is 48.6 Å². The Hall–Kier alpha value is -3.02. The number of rotatable bonds is 6. The Balaban J connectivity index is 1.54. The van der Waals surface area contributed by atoms with Gasteiger partial charge in [-0.2, -0.15) is 0 Å². The monoisotopic (exact) mass is 392 g/mol. The molecule has 29 heavy (non-hydrogen) atoms. The maximum absolute atomic E-state index is 12.3. The number of hydrogen-bond donors (Lipinski definition) is 2. The minimum Gasteiger partial charge on any atom is -0.378 e. The number of fused-ring (bicyclic) bond motifs is 1. The van der Waals surface area contributed by atoms with E-state index in [0.29, 0.717) is 6.54 Å². The first-order valence-electron chi connectivity index (χ1n) is 10.2. The zero-order valence-electron chi connectivity index (χ0n) is 17.0. The number of para-hydroxylation sites is 1. The van der Waals surface area contributed by atoms with Gasteiger partial charge in [0.2, 0.25) is 0 Å². The second kappa shape index (κ2) is 8.15. The summed E-state index contributed by atoms with van der Waals surface area (Å²) in [6.07, 6.45) is 2.91. The highest BCUT2D eigenvalue weighted by Gasteiger charge is 2.30. The van der Waals surface area contributed by atoms with Crippen LogP contribution in [0, 0.1) is 0 Å². The number of anilines is 2. The summed E-state index contributed by atoms with van der Waals surface area (Å²) >= 11 is 0. The predicted molar refractivity (Wildman–Crippen MR) is 115 cm³/mol. The van der Waals surface area contributed by atoms with Crippen LogP contribution in [0.2, 0.25) is 0 Å². The standard InChI is InChI=1S/C23H28N4O2/c1-26(2)19-11-7-17(8-12-19)21(15-24-22(28)23(29)25-18-9-10-18)27-14-13-16-5-3-4-6-20(16)27/h3-8,11-12,18,21H,9-10,13-15H2,1-2H3,(H,24,28)(H,25,29)/t21-/m0/s1. The lowest BCUT2D eigenvalue weighted by molar-refractivity contribution is -0.139. The van der Waals surface area contributed by atoms with Crippen LogP contribution in [0.5, 0.6) is 0 Å². The molecule has 0 aromatic heterocycles. The number of benzene rings is 2. The highest BCUT2D eigenvalue weighted by Crippen LogP contribution is 2.35. The summed E-state index contributed by atoms with van der Waals surface area (Å²) in [5.74, 6) is -1.09. The lowest BCUT2D eigenvalue weighted by atomic mass is 10.0. The van der Waals surface area contributed by atoms with Crippen molar-refractivity contribution in [2.45, 2.75) is 31.3 Å². The van der Waals surface area contributed by atoms with Gasteiger partial charge in [0.05, 0.1) is 6.04 Å². The molecule has 2 aliphatic rings. The molecular formula is C23H28N4O2. The first-order valence-corrected chi connectivity index (χ1v) is 10.2. The molecule has 1 atom stereocenters. The second-order valence-corrected chi connectivity index (χ2v) is 8.03. The fourth-order valence-electron chi connectivity index (χ4n) is 3.84. The predicted octanol–water partition coefficient (Wildman–Crippen LogP) is 2.25. The number of amides is 2. The molecule has 0 unspecified atom stereocenters. The van der Waals surface area contributed by atoms with E-state index in [1.807, 2.05) is 20.2 Å². The van der Waals surface area contributed by atoms with Gasteiger partial charge in [0.1, 0.15) is 0 Å². The van der Waals surface area contributed by atoms with E-state index in [9.17, 15) is 9.59 Å².